The molecule has 0 radical (unpaired) electrons. The number of hydrogen-bond donors (Lipinski definition) is 1. The second-order valence-electron chi connectivity index (χ2n) is 1.67. The van der Waals surface area contributed by atoms with E-state index in [1.54, 1.807) is 0 Å². The molecule has 0 saturated carbocycles. The summed E-state index contributed by atoms with van der Waals surface area (Å²) >= 11 is 0. The number of aliphatic hydroxyl groups is 1. The maximum atomic E-state index is 8.46. The van der Waals surface area contributed by atoms with Gasteiger partial charge in [-0.15, -0.1) is 8.19 Å². The largest absolute Gasteiger partial charge is 0.396 e. The fourth-order valence-corrected chi connectivity index (χ4v) is 1.50. The Labute approximate surface area is 50.4 Å². The van der Waals surface area contributed by atoms with Gasteiger partial charge in [-0.05, 0) is 17.5 Å². The van der Waals surface area contributed by atoms with E-state index in [0.717, 1.165) is 14.6 Å². The standard InChI is InChI=1S/C6H9OP/c7-4-3-6-2-1-5-8-6/h1-2,5,7-8H,3-4H2. The zero-order valence-corrected chi connectivity index (χ0v) is 5.59. The Hall–Kier alpha value is -0.260. The van der Waals surface area contributed by atoms with Gasteiger partial charge in [0.1, 0.15) is 0 Å². The predicted molar refractivity (Wildman–Crippen MR) is 36.7 cm³/mol. The predicted octanol–water partition coefficient (Wildman–Crippen LogP) is 1.25. The van der Waals surface area contributed by atoms with Crippen molar-refractivity contribution in [2.45, 2.75) is 6.42 Å². The second-order valence-corrected chi connectivity index (χ2v) is 2.93. The molecule has 2 heteroatoms. The number of aliphatic hydroxyl groups excluding tert-OH is 1. The van der Waals surface area contributed by atoms with E-state index < -0.39 is 0 Å². The molecule has 0 spiro atoms. The van der Waals surface area contributed by atoms with Gasteiger partial charge < -0.3 is 5.11 Å². The Morgan fingerprint density at radius 3 is 3.00 bits per heavy atom. The zero-order chi connectivity index (χ0) is 5.82. The molecular weight excluding hydrogens is 119 g/mol. The molecule has 8 heavy (non-hydrogen) atoms. The summed E-state index contributed by atoms with van der Waals surface area (Å²) in [5, 5.41) is 9.83. The van der Waals surface area contributed by atoms with Crippen molar-refractivity contribution in [2.24, 2.45) is 0 Å². The van der Waals surface area contributed by atoms with Crippen molar-refractivity contribution >= 4 is 8.19 Å². The third kappa shape index (κ3) is 1.36. The van der Waals surface area contributed by atoms with E-state index in [1.165, 1.54) is 5.30 Å². The van der Waals surface area contributed by atoms with E-state index in [0.29, 0.717) is 6.61 Å². The van der Waals surface area contributed by atoms with Crippen molar-refractivity contribution in [3.63, 3.8) is 0 Å². The summed E-state index contributed by atoms with van der Waals surface area (Å²) in [6, 6.07) is 4.12. The summed E-state index contributed by atoms with van der Waals surface area (Å²) in [5.74, 6) is 2.13. The minimum atomic E-state index is 0.292. The molecule has 1 aromatic heterocycles. The molecule has 0 saturated heterocycles. The Bertz CT molecular complexity index is 134. The average molecular weight is 128 g/mol. The molecule has 0 aliphatic rings. The first-order valence-electron chi connectivity index (χ1n) is 2.66. The maximum Gasteiger partial charge on any atom is 0.0474 e. The second kappa shape index (κ2) is 2.91. The molecule has 0 amide bonds. The molecule has 44 valence electrons. The molecule has 0 aliphatic heterocycles. The van der Waals surface area contributed by atoms with Crippen molar-refractivity contribution in [1.29, 1.82) is 0 Å². The van der Waals surface area contributed by atoms with E-state index in [9.17, 15) is 0 Å². The van der Waals surface area contributed by atoms with Crippen LogP contribution in [0.1, 0.15) is 5.30 Å². The van der Waals surface area contributed by atoms with E-state index in [2.05, 4.69) is 11.9 Å². The van der Waals surface area contributed by atoms with E-state index in [1.807, 2.05) is 6.07 Å². The van der Waals surface area contributed by atoms with Crippen molar-refractivity contribution < 1.29 is 5.11 Å². The van der Waals surface area contributed by atoms with Crippen LogP contribution in [0.15, 0.2) is 17.9 Å². The Balaban J connectivity index is 2.50. The molecular formula is C6H9OP. The number of hydrogen-bond acceptors (Lipinski definition) is 1. The van der Waals surface area contributed by atoms with Crippen LogP contribution in [-0.2, 0) is 6.42 Å². The van der Waals surface area contributed by atoms with Gasteiger partial charge in [0.05, 0.1) is 0 Å². The fraction of sp³-hybridized carbons (Fsp3) is 0.333. The first kappa shape index (κ1) is 5.87. The summed E-state index contributed by atoms with van der Waals surface area (Å²) in [4.78, 5) is 0. The van der Waals surface area contributed by atoms with Crippen LogP contribution in [0.25, 0.3) is 0 Å². The van der Waals surface area contributed by atoms with Crippen LogP contribution in [-0.4, -0.2) is 11.7 Å². The topological polar surface area (TPSA) is 20.2 Å². The van der Waals surface area contributed by atoms with Gasteiger partial charge in [-0.1, -0.05) is 12.1 Å². The third-order valence-corrected chi connectivity index (χ3v) is 2.19. The van der Waals surface area contributed by atoms with Crippen molar-refractivity contribution in [2.75, 3.05) is 6.61 Å². The lowest BCUT2D eigenvalue weighted by atomic mass is 10.4. The van der Waals surface area contributed by atoms with Crippen LogP contribution in [0.3, 0.4) is 0 Å². The molecule has 0 aromatic carbocycles. The van der Waals surface area contributed by atoms with Gasteiger partial charge >= 0.3 is 0 Å². The smallest absolute Gasteiger partial charge is 0.0474 e. The van der Waals surface area contributed by atoms with Crippen LogP contribution in [0.5, 0.6) is 0 Å². The monoisotopic (exact) mass is 128 g/mol. The van der Waals surface area contributed by atoms with Gasteiger partial charge in [-0.3, -0.25) is 0 Å². The van der Waals surface area contributed by atoms with Gasteiger partial charge in [0.15, 0.2) is 0 Å². The first-order valence-corrected chi connectivity index (χ1v) is 3.74. The molecule has 0 fully saturated rings. The van der Waals surface area contributed by atoms with Crippen molar-refractivity contribution in [1.82, 2.24) is 0 Å². The summed E-state index contributed by atoms with van der Waals surface area (Å²) in [7, 11) is 0.827. The summed E-state index contributed by atoms with van der Waals surface area (Å²) in [6.07, 6.45) is 0.853. The normalized spacial score (nSPS) is 10.6. The SMILES string of the molecule is OCCc1ccc[pH]1. The van der Waals surface area contributed by atoms with Gasteiger partial charge in [0, 0.05) is 6.61 Å². The molecule has 1 atom stereocenters. The van der Waals surface area contributed by atoms with Gasteiger partial charge in [0.25, 0.3) is 0 Å². The Morgan fingerprint density at radius 2 is 2.50 bits per heavy atom. The molecule has 1 unspecified atom stereocenters. The molecule has 0 aliphatic carbocycles. The quantitative estimate of drug-likeness (QED) is 0.635. The van der Waals surface area contributed by atoms with Crippen LogP contribution < -0.4 is 0 Å². The summed E-state index contributed by atoms with van der Waals surface area (Å²) in [5.41, 5.74) is 0. The molecule has 0 bridgehead atoms. The highest BCUT2D eigenvalue weighted by atomic mass is 31.0. The van der Waals surface area contributed by atoms with Crippen LogP contribution >= 0.6 is 8.19 Å². The van der Waals surface area contributed by atoms with Gasteiger partial charge in [-0.2, -0.15) is 0 Å². The lowest BCUT2D eigenvalue weighted by Gasteiger charge is -1.86. The Morgan fingerprint density at radius 1 is 1.62 bits per heavy atom. The lowest BCUT2D eigenvalue weighted by molar-refractivity contribution is 0.300. The fourth-order valence-electron chi connectivity index (χ4n) is 0.643. The first-order chi connectivity index (χ1) is 3.93. The van der Waals surface area contributed by atoms with E-state index in [-0.39, 0.29) is 0 Å². The molecule has 1 nitrogen and oxygen atoms in total. The summed E-state index contributed by atoms with van der Waals surface area (Å²) in [6.45, 7) is 0.292. The van der Waals surface area contributed by atoms with Crippen molar-refractivity contribution in [3.05, 3.63) is 23.2 Å². The van der Waals surface area contributed by atoms with Gasteiger partial charge in [0.2, 0.25) is 0 Å². The molecule has 1 N–H and O–H groups in total. The minimum absolute atomic E-state index is 0.292. The molecule has 1 aromatic rings. The van der Waals surface area contributed by atoms with E-state index in [4.69, 9.17) is 5.11 Å². The molecule has 1 heterocycles. The minimum Gasteiger partial charge on any atom is -0.396 e. The third-order valence-electron chi connectivity index (χ3n) is 1.04. The highest BCUT2D eigenvalue weighted by molar-refractivity contribution is 7.30. The number of rotatable bonds is 2. The van der Waals surface area contributed by atoms with Crippen molar-refractivity contribution in [3.8, 4) is 0 Å². The maximum absolute atomic E-state index is 8.46. The highest BCUT2D eigenvalue weighted by Gasteiger charge is 1.86. The highest BCUT2D eigenvalue weighted by Crippen LogP contribution is 2.14. The van der Waals surface area contributed by atoms with E-state index >= 15 is 0 Å². The van der Waals surface area contributed by atoms with Gasteiger partial charge in [-0.25, -0.2) is 0 Å². The van der Waals surface area contributed by atoms with Crippen LogP contribution in [0, 0.1) is 0 Å². The van der Waals surface area contributed by atoms with Crippen LogP contribution in [0.2, 0.25) is 0 Å². The lowest BCUT2D eigenvalue weighted by Crippen LogP contribution is -1.83. The summed E-state index contributed by atoms with van der Waals surface area (Å²) < 4.78 is 0. The van der Waals surface area contributed by atoms with Crippen LogP contribution in [0.4, 0.5) is 0 Å². The zero-order valence-electron chi connectivity index (χ0n) is 4.59. The average Bonchev–Trinajstić information content (AvgIpc) is 2.19. The Kier molecular flexibility index (Phi) is 2.13. The molecule has 1 rings (SSSR count).